The van der Waals surface area contributed by atoms with E-state index >= 15 is 0 Å². The second kappa shape index (κ2) is 6.32. The number of aliphatic carboxylic acids is 1. The van der Waals surface area contributed by atoms with Gasteiger partial charge in [-0.25, -0.2) is 4.79 Å². The Morgan fingerprint density at radius 1 is 1.50 bits per heavy atom. The normalized spacial score (nSPS) is 18.4. The molecule has 1 heterocycles. The number of benzene rings is 1. The second-order valence-corrected chi connectivity index (χ2v) is 4.56. The Balaban J connectivity index is 2.22. The lowest BCUT2D eigenvalue weighted by atomic mass is 9.95. The maximum absolute atomic E-state index is 11.2. The van der Waals surface area contributed by atoms with Crippen LogP contribution >= 0.6 is 0 Å². The largest absolute Gasteiger partial charge is 0.497 e. The van der Waals surface area contributed by atoms with E-state index < -0.39 is 5.97 Å². The molecule has 0 aromatic heterocycles. The topological polar surface area (TPSA) is 67.8 Å². The fourth-order valence-electron chi connectivity index (χ4n) is 2.31. The molecule has 0 aliphatic carbocycles. The number of ether oxygens (including phenoxy) is 2. The molecule has 0 radical (unpaired) electrons. The molecule has 2 N–H and O–H groups in total. The summed E-state index contributed by atoms with van der Waals surface area (Å²) in [5, 5.41) is 12.4. The van der Waals surface area contributed by atoms with Gasteiger partial charge >= 0.3 is 5.97 Å². The smallest absolute Gasteiger partial charge is 0.336 e. The lowest BCUT2D eigenvalue weighted by Gasteiger charge is -2.28. The average Bonchev–Trinajstić information content (AvgIpc) is 2.47. The van der Waals surface area contributed by atoms with Gasteiger partial charge in [-0.1, -0.05) is 12.1 Å². The van der Waals surface area contributed by atoms with E-state index in [0.717, 1.165) is 11.3 Å². The van der Waals surface area contributed by atoms with Gasteiger partial charge in [-0.2, -0.15) is 0 Å². The van der Waals surface area contributed by atoms with Crippen molar-refractivity contribution in [3.8, 4) is 5.75 Å². The van der Waals surface area contributed by atoms with Crippen molar-refractivity contribution in [1.82, 2.24) is 5.32 Å². The van der Waals surface area contributed by atoms with Crippen LogP contribution in [-0.2, 0) is 9.53 Å². The first kappa shape index (κ1) is 14.2. The van der Waals surface area contributed by atoms with Crippen molar-refractivity contribution in [3.05, 3.63) is 41.3 Å². The Kier molecular flexibility index (Phi) is 4.50. The lowest BCUT2D eigenvalue weighted by Crippen LogP contribution is -2.30. The standard InChI is InChI=1S/C15H19NO4/c1-3-20-14-12(15(17)18)7-8-13(16-14)10-5-4-6-11(9-10)19-2/h4-6,9,13,16H,3,7-8H2,1-2H3,(H,17,18)/t13-/m1/s1. The highest BCUT2D eigenvalue weighted by molar-refractivity contribution is 5.87. The summed E-state index contributed by atoms with van der Waals surface area (Å²) in [7, 11) is 1.63. The summed E-state index contributed by atoms with van der Waals surface area (Å²) in [6.07, 6.45) is 1.20. The third-order valence-corrected chi connectivity index (χ3v) is 3.31. The molecule has 0 spiro atoms. The van der Waals surface area contributed by atoms with Crippen molar-refractivity contribution in [2.75, 3.05) is 13.7 Å². The summed E-state index contributed by atoms with van der Waals surface area (Å²) in [6, 6.07) is 7.79. The molecule has 1 aliphatic heterocycles. The first-order chi connectivity index (χ1) is 9.65. The van der Waals surface area contributed by atoms with Crippen molar-refractivity contribution in [2.24, 2.45) is 0 Å². The van der Waals surface area contributed by atoms with Gasteiger partial charge in [-0.3, -0.25) is 0 Å². The predicted octanol–water partition coefficient (Wildman–Crippen LogP) is 2.45. The van der Waals surface area contributed by atoms with Gasteiger partial charge in [0.05, 0.1) is 25.3 Å². The number of carboxylic acid groups (broad SMARTS) is 1. The van der Waals surface area contributed by atoms with Crippen LogP contribution in [0.5, 0.6) is 5.75 Å². The summed E-state index contributed by atoms with van der Waals surface area (Å²) in [5.41, 5.74) is 1.37. The Morgan fingerprint density at radius 3 is 2.95 bits per heavy atom. The highest BCUT2D eigenvalue weighted by atomic mass is 16.5. The van der Waals surface area contributed by atoms with Crippen LogP contribution in [0.3, 0.4) is 0 Å². The van der Waals surface area contributed by atoms with E-state index in [9.17, 15) is 9.90 Å². The minimum absolute atomic E-state index is 0.0368. The summed E-state index contributed by atoms with van der Waals surface area (Å²) >= 11 is 0. The van der Waals surface area contributed by atoms with Crippen LogP contribution in [0.2, 0.25) is 0 Å². The molecule has 1 aliphatic rings. The molecule has 1 atom stereocenters. The van der Waals surface area contributed by atoms with Crippen LogP contribution < -0.4 is 10.1 Å². The number of hydrogen-bond acceptors (Lipinski definition) is 4. The number of methoxy groups -OCH3 is 1. The van der Waals surface area contributed by atoms with E-state index in [1.165, 1.54) is 0 Å². The van der Waals surface area contributed by atoms with Crippen LogP contribution in [0, 0.1) is 0 Å². The van der Waals surface area contributed by atoms with Gasteiger partial charge in [0.2, 0.25) is 0 Å². The predicted molar refractivity (Wildman–Crippen MR) is 74.4 cm³/mol. The fraction of sp³-hybridized carbons (Fsp3) is 0.400. The van der Waals surface area contributed by atoms with Crippen LogP contribution in [0.15, 0.2) is 35.7 Å². The third-order valence-electron chi connectivity index (χ3n) is 3.31. The first-order valence-corrected chi connectivity index (χ1v) is 6.65. The van der Waals surface area contributed by atoms with Crippen molar-refractivity contribution < 1.29 is 19.4 Å². The maximum atomic E-state index is 11.2. The van der Waals surface area contributed by atoms with Crippen LogP contribution in [0.25, 0.3) is 0 Å². The van der Waals surface area contributed by atoms with E-state index in [4.69, 9.17) is 9.47 Å². The Morgan fingerprint density at radius 2 is 2.30 bits per heavy atom. The highest BCUT2D eigenvalue weighted by Gasteiger charge is 2.26. The van der Waals surface area contributed by atoms with Crippen LogP contribution in [0.1, 0.15) is 31.4 Å². The number of rotatable bonds is 5. The monoisotopic (exact) mass is 277 g/mol. The average molecular weight is 277 g/mol. The van der Waals surface area contributed by atoms with Crippen molar-refractivity contribution in [1.29, 1.82) is 0 Å². The molecule has 0 bridgehead atoms. The zero-order valence-corrected chi connectivity index (χ0v) is 11.7. The Labute approximate surface area is 118 Å². The summed E-state index contributed by atoms with van der Waals surface area (Å²) in [4.78, 5) is 11.2. The van der Waals surface area contributed by atoms with E-state index in [1.54, 1.807) is 7.11 Å². The van der Waals surface area contributed by atoms with E-state index in [-0.39, 0.29) is 6.04 Å². The molecule has 20 heavy (non-hydrogen) atoms. The van der Waals surface area contributed by atoms with Crippen molar-refractivity contribution >= 4 is 5.97 Å². The molecule has 1 aromatic rings. The number of carbonyl (C=O) groups is 1. The van der Waals surface area contributed by atoms with Gasteiger partial charge in [0, 0.05) is 0 Å². The number of carboxylic acids is 1. The highest BCUT2D eigenvalue weighted by Crippen LogP contribution is 2.30. The number of hydrogen-bond donors (Lipinski definition) is 2. The molecular formula is C15H19NO4. The minimum Gasteiger partial charge on any atom is -0.497 e. The molecule has 2 rings (SSSR count). The first-order valence-electron chi connectivity index (χ1n) is 6.65. The third kappa shape index (κ3) is 3.04. The zero-order valence-electron chi connectivity index (χ0n) is 11.7. The van der Waals surface area contributed by atoms with Gasteiger partial charge in [-0.05, 0) is 37.5 Å². The molecule has 5 heteroatoms. The summed E-state index contributed by atoms with van der Waals surface area (Å²) in [6.45, 7) is 2.27. The van der Waals surface area contributed by atoms with Gasteiger partial charge < -0.3 is 19.9 Å². The van der Waals surface area contributed by atoms with Crippen molar-refractivity contribution in [3.63, 3.8) is 0 Å². The zero-order chi connectivity index (χ0) is 14.5. The molecular weight excluding hydrogens is 258 g/mol. The molecule has 5 nitrogen and oxygen atoms in total. The molecule has 0 saturated carbocycles. The molecule has 108 valence electrons. The quantitative estimate of drug-likeness (QED) is 0.865. The van der Waals surface area contributed by atoms with E-state index in [1.807, 2.05) is 31.2 Å². The molecule has 0 amide bonds. The van der Waals surface area contributed by atoms with Gasteiger partial charge in [0.15, 0.2) is 5.88 Å². The number of nitrogens with one attached hydrogen (secondary N) is 1. The molecule has 0 unspecified atom stereocenters. The Hall–Kier alpha value is -2.17. The van der Waals surface area contributed by atoms with E-state index in [0.29, 0.717) is 30.9 Å². The van der Waals surface area contributed by atoms with Gasteiger partial charge in [0.25, 0.3) is 0 Å². The minimum atomic E-state index is -0.926. The van der Waals surface area contributed by atoms with E-state index in [2.05, 4.69) is 5.32 Å². The lowest BCUT2D eigenvalue weighted by molar-refractivity contribution is -0.133. The van der Waals surface area contributed by atoms with Gasteiger partial charge in [-0.15, -0.1) is 0 Å². The summed E-state index contributed by atoms with van der Waals surface area (Å²) in [5.74, 6) is 0.236. The second-order valence-electron chi connectivity index (χ2n) is 4.56. The SMILES string of the molecule is CCOC1=C(C(=O)O)CC[C@H](c2cccc(OC)c2)N1. The molecule has 0 fully saturated rings. The fourth-order valence-corrected chi connectivity index (χ4v) is 2.31. The van der Waals surface area contributed by atoms with Crippen molar-refractivity contribution in [2.45, 2.75) is 25.8 Å². The maximum Gasteiger partial charge on any atom is 0.336 e. The van der Waals surface area contributed by atoms with Crippen LogP contribution in [0.4, 0.5) is 0 Å². The molecule has 1 aromatic carbocycles. The van der Waals surface area contributed by atoms with Gasteiger partial charge in [0.1, 0.15) is 5.75 Å². The molecule has 0 saturated heterocycles. The Bertz CT molecular complexity index is 524. The van der Waals surface area contributed by atoms with Crippen LogP contribution in [-0.4, -0.2) is 24.8 Å². The summed E-state index contributed by atoms with van der Waals surface area (Å²) < 4.78 is 10.6.